The normalized spacial score (nSPS) is 50.3. The van der Waals surface area contributed by atoms with Gasteiger partial charge in [0.05, 0.1) is 12.2 Å². The molecule has 0 bridgehead atoms. The van der Waals surface area contributed by atoms with E-state index >= 15 is 0 Å². The van der Waals surface area contributed by atoms with Crippen LogP contribution < -0.4 is 0 Å². The molecule has 8 nitrogen and oxygen atoms in total. The lowest BCUT2D eigenvalue weighted by molar-refractivity contribution is -0.362. The molecule has 0 aromatic carbocycles. The molecular formula is C22H32O8. The van der Waals surface area contributed by atoms with E-state index in [0.29, 0.717) is 6.42 Å². The summed E-state index contributed by atoms with van der Waals surface area (Å²) in [6, 6.07) is 0. The zero-order valence-corrected chi connectivity index (χ0v) is 18.4. The van der Waals surface area contributed by atoms with Crippen molar-refractivity contribution in [3.05, 3.63) is 12.7 Å². The van der Waals surface area contributed by atoms with Crippen LogP contribution in [0.15, 0.2) is 12.7 Å². The number of carbonyl (C=O) groups excluding carboxylic acids is 3. The molecule has 3 aliphatic rings. The fourth-order valence-corrected chi connectivity index (χ4v) is 6.48. The monoisotopic (exact) mass is 424 g/mol. The van der Waals surface area contributed by atoms with Crippen LogP contribution in [0.5, 0.6) is 0 Å². The number of ketones is 2. The smallest absolute Gasteiger partial charge is 0.303 e. The second-order valence-electron chi connectivity index (χ2n) is 10.2. The maximum absolute atomic E-state index is 13.6. The molecule has 1 heterocycles. The van der Waals surface area contributed by atoms with Crippen molar-refractivity contribution < 1.29 is 39.2 Å². The molecule has 3 fully saturated rings. The third-order valence-corrected chi connectivity index (χ3v) is 8.03. The number of Topliss-reactive ketones (excluding diaryl/α,β-unsaturated/α-hetero) is 2. The molecule has 1 aliphatic heterocycles. The van der Waals surface area contributed by atoms with Crippen LogP contribution in [0, 0.1) is 16.7 Å². The first-order valence-electron chi connectivity index (χ1n) is 10.2. The van der Waals surface area contributed by atoms with E-state index in [0.717, 1.165) is 13.0 Å². The first kappa shape index (κ1) is 23.1. The highest BCUT2D eigenvalue weighted by Crippen LogP contribution is 2.66. The van der Waals surface area contributed by atoms with Crippen LogP contribution >= 0.6 is 0 Å². The van der Waals surface area contributed by atoms with Crippen molar-refractivity contribution in [1.82, 2.24) is 0 Å². The summed E-state index contributed by atoms with van der Waals surface area (Å²) < 4.78 is 11.5. The van der Waals surface area contributed by atoms with Gasteiger partial charge in [0.15, 0.2) is 17.3 Å². The summed E-state index contributed by atoms with van der Waals surface area (Å²) in [5, 5.41) is 34.6. The van der Waals surface area contributed by atoms with E-state index in [1.165, 1.54) is 20.8 Å². The highest BCUT2D eigenvalue weighted by molar-refractivity contribution is 6.44. The molecule has 8 heteroatoms. The SMILES string of the molecule is C=C[C@]1(C)O[C@]2(C)[C@@H](OC(C)=O)[C@@H](O)[C@H]3C(C)(C)CC[C@H](O)[C@]3(C)[C@@]2(O)C(=O)C1=O. The van der Waals surface area contributed by atoms with E-state index in [1.807, 2.05) is 13.8 Å². The third-order valence-electron chi connectivity index (χ3n) is 8.03. The number of rotatable bonds is 2. The van der Waals surface area contributed by atoms with Crippen LogP contribution in [0.4, 0.5) is 0 Å². The van der Waals surface area contributed by atoms with Gasteiger partial charge in [0, 0.05) is 18.3 Å². The molecule has 168 valence electrons. The lowest BCUT2D eigenvalue weighted by atomic mass is 9.39. The van der Waals surface area contributed by atoms with E-state index in [-0.39, 0.29) is 6.42 Å². The van der Waals surface area contributed by atoms with Crippen LogP contribution in [0.3, 0.4) is 0 Å². The predicted octanol–water partition coefficient (Wildman–Crippen LogP) is 0.699. The number of esters is 1. The highest BCUT2D eigenvalue weighted by Gasteiger charge is 2.83. The Morgan fingerprint density at radius 3 is 2.23 bits per heavy atom. The summed E-state index contributed by atoms with van der Waals surface area (Å²) >= 11 is 0. The van der Waals surface area contributed by atoms with E-state index in [1.54, 1.807) is 0 Å². The van der Waals surface area contributed by atoms with Gasteiger partial charge in [-0.05, 0) is 32.1 Å². The predicted molar refractivity (Wildman–Crippen MR) is 105 cm³/mol. The van der Waals surface area contributed by atoms with Crippen LogP contribution in [0.1, 0.15) is 54.4 Å². The average Bonchev–Trinajstić information content (AvgIpc) is 2.64. The number of ether oxygens (including phenoxy) is 2. The second kappa shape index (κ2) is 6.45. The molecule has 0 unspecified atom stereocenters. The number of hydrogen-bond acceptors (Lipinski definition) is 8. The first-order chi connectivity index (χ1) is 13.5. The van der Waals surface area contributed by atoms with Crippen LogP contribution in [-0.4, -0.2) is 68.0 Å². The molecule has 0 radical (unpaired) electrons. The summed E-state index contributed by atoms with van der Waals surface area (Å²) in [6.07, 6.45) is -2.14. The van der Waals surface area contributed by atoms with Gasteiger partial charge in [-0.1, -0.05) is 33.4 Å². The number of carbonyl (C=O) groups is 3. The number of hydrogen-bond donors (Lipinski definition) is 3. The van der Waals surface area contributed by atoms with Gasteiger partial charge < -0.3 is 24.8 Å². The maximum atomic E-state index is 13.6. The molecule has 3 N–H and O–H groups in total. The van der Waals surface area contributed by atoms with Crippen molar-refractivity contribution in [2.24, 2.45) is 16.7 Å². The van der Waals surface area contributed by atoms with Gasteiger partial charge in [0.1, 0.15) is 5.60 Å². The Morgan fingerprint density at radius 1 is 1.17 bits per heavy atom. The fourth-order valence-electron chi connectivity index (χ4n) is 6.48. The minimum absolute atomic E-state index is 0.254. The fraction of sp³-hybridized carbons (Fsp3) is 0.773. The molecule has 3 rings (SSSR count). The quantitative estimate of drug-likeness (QED) is 0.335. The van der Waals surface area contributed by atoms with Crippen LogP contribution in [0.25, 0.3) is 0 Å². The van der Waals surface area contributed by atoms with E-state index in [9.17, 15) is 29.7 Å². The van der Waals surface area contributed by atoms with Gasteiger partial charge in [0.25, 0.3) is 0 Å². The Kier molecular flexibility index (Phi) is 4.96. The zero-order chi connectivity index (χ0) is 23.1. The Labute approximate surface area is 176 Å². The van der Waals surface area contributed by atoms with E-state index < -0.39 is 69.4 Å². The molecule has 2 saturated carbocycles. The topological polar surface area (TPSA) is 130 Å². The first-order valence-corrected chi connectivity index (χ1v) is 10.2. The van der Waals surface area contributed by atoms with Crippen LogP contribution in [-0.2, 0) is 23.9 Å². The number of aliphatic hydroxyl groups is 3. The summed E-state index contributed by atoms with van der Waals surface area (Å²) in [5.41, 5.74) is -8.67. The minimum Gasteiger partial charge on any atom is -0.457 e. The van der Waals surface area contributed by atoms with Crippen LogP contribution in [0.2, 0.25) is 0 Å². The van der Waals surface area contributed by atoms with Gasteiger partial charge in [-0.2, -0.15) is 0 Å². The molecule has 0 amide bonds. The summed E-state index contributed by atoms with van der Waals surface area (Å²) in [7, 11) is 0. The zero-order valence-electron chi connectivity index (χ0n) is 18.4. The van der Waals surface area contributed by atoms with Crippen molar-refractivity contribution in [2.75, 3.05) is 0 Å². The molecule has 1 saturated heterocycles. The molecule has 2 aliphatic carbocycles. The molecule has 30 heavy (non-hydrogen) atoms. The lowest BCUT2D eigenvalue weighted by Crippen LogP contribution is -2.88. The Balaban J connectivity index is 2.38. The molecule has 8 atom stereocenters. The van der Waals surface area contributed by atoms with Crippen molar-refractivity contribution in [3.8, 4) is 0 Å². The van der Waals surface area contributed by atoms with Gasteiger partial charge in [-0.15, -0.1) is 0 Å². The van der Waals surface area contributed by atoms with Crippen molar-refractivity contribution in [3.63, 3.8) is 0 Å². The summed E-state index contributed by atoms with van der Waals surface area (Å²) in [6.45, 7) is 12.6. The van der Waals surface area contributed by atoms with Crippen molar-refractivity contribution >= 4 is 17.5 Å². The highest BCUT2D eigenvalue weighted by atomic mass is 16.6. The second-order valence-corrected chi connectivity index (χ2v) is 10.2. The Hall–Kier alpha value is -1.61. The molecule has 0 spiro atoms. The van der Waals surface area contributed by atoms with Crippen molar-refractivity contribution in [2.45, 2.75) is 89.5 Å². The minimum atomic E-state index is -2.55. The molecular weight excluding hydrogens is 392 g/mol. The third kappa shape index (κ3) is 2.45. The summed E-state index contributed by atoms with van der Waals surface area (Å²) in [4.78, 5) is 38.5. The number of aliphatic hydroxyl groups excluding tert-OH is 2. The van der Waals surface area contributed by atoms with Crippen molar-refractivity contribution in [1.29, 1.82) is 0 Å². The Bertz CT molecular complexity index is 820. The van der Waals surface area contributed by atoms with Gasteiger partial charge in [-0.3, -0.25) is 14.4 Å². The van der Waals surface area contributed by atoms with Gasteiger partial charge >= 0.3 is 5.97 Å². The van der Waals surface area contributed by atoms with E-state index in [2.05, 4.69) is 6.58 Å². The average molecular weight is 424 g/mol. The molecule has 0 aromatic rings. The largest absolute Gasteiger partial charge is 0.457 e. The standard InChI is InChI=1S/C22H32O8/c1-8-19(5)15(26)16(27)22(28)20(6)12(24)9-10-18(3,4)14(20)13(25)17(29-11(2)23)21(22,7)30-19/h8,12-14,17,24-25,28H,1,9-10H2,2-7H3/t12-,13-,14-,17-,19-,20-,21+,22-/m0/s1. The maximum Gasteiger partial charge on any atom is 0.303 e. The summed E-state index contributed by atoms with van der Waals surface area (Å²) in [5.74, 6) is -3.77. The van der Waals surface area contributed by atoms with E-state index in [4.69, 9.17) is 9.47 Å². The van der Waals surface area contributed by atoms with Gasteiger partial charge in [0.2, 0.25) is 11.6 Å². The number of fused-ring (bicyclic) bond motifs is 3. The van der Waals surface area contributed by atoms with Gasteiger partial charge in [-0.25, -0.2) is 0 Å². The molecule has 0 aromatic heterocycles. The Morgan fingerprint density at radius 2 is 1.73 bits per heavy atom. The lowest BCUT2D eigenvalue weighted by Gasteiger charge is -2.70.